The lowest BCUT2D eigenvalue weighted by Gasteiger charge is -2.12. The molecule has 2 N–H and O–H groups in total. The molecule has 0 aliphatic carbocycles. The number of rotatable bonds is 6. The van der Waals surface area contributed by atoms with Crippen LogP contribution in [0.25, 0.3) is 0 Å². The standard InChI is InChI=1S/C11H17ClN2O3S/c1-3-4-5-8(2)14-11(15)10-6-9(7-13-10)18(12,16)17/h6-8,13H,3-5H2,1-2H3,(H,14,15). The van der Waals surface area contributed by atoms with Gasteiger partial charge in [-0.25, -0.2) is 8.42 Å². The molecule has 1 rings (SSSR count). The minimum absolute atomic E-state index is 0.0526. The molecule has 102 valence electrons. The van der Waals surface area contributed by atoms with E-state index in [9.17, 15) is 13.2 Å². The van der Waals surface area contributed by atoms with Crippen LogP contribution in [0.5, 0.6) is 0 Å². The average molecular weight is 293 g/mol. The van der Waals surface area contributed by atoms with E-state index < -0.39 is 9.05 Å². The summed E-state index contributed by atoms with van der Waals surface area (Å²) >= 11 is 0. The van der Waals surface area contributed by atoms with E-state index in [2.05, 4.69) is 17.2 Å². The van der Waals surface area contributed by atoms with E-state index in [1.54, 1.807) is 0 Å². The number of carbonyl (C=O) groups is 1. The van der Waals surface area contributed by atoms with Crippen LogP contribution < -0.4 is 5.32 Å². The number of amides is 1. The van der Waals surface area contributed by atoms with Crippen molar-refractivity contribution in [2.24, 2.45) is 0 Å². The molecule has 1 aromatic heterocycles. The second kappa shape index (κ2) is 6.24. The van der Waals surface area contributed by atoms with Crippen molar-refractivity contribution in [3.63, 3.8) is 0 Å². The van der Waals surface area contributed by atoms with E-state index in [-0.39, 0.29) is 22.5 Å². The highest BCUT2D eigenvalue weighted by molar-refractivity contribution is 8.13. The first-order valence-electron chi connectivity index (χ1n) is 5.78. The number of hydrogen-bond donors (Lipinski definition) is 2. The summed E-state index contributed by atoms with van der Waals surface area (Å²) in [6.07, 6.45) is 4.20. The topological polar surface area (TPSA) is 79.0 Å². The van der Waals surface area contributed by atoms with Gasteiger partial charge in [-0.05, 0) is 19.4 Å². The summed E-state index contributed by atoms with van der Waals surface area (Å²) in [6, 6.07) is 1.28. The van der Waals surface area contributed by atoms with Gasteiger partial charge < -0.3 is 10.3 Å². The van der Waals surface area contributed by atoms with Crippen LogP contribution in [-0.4, -0.2) is 25.4 Å². The normalized spacial score (nSPS) is 13.3. The molecule has 0 aromatic carbocycles. The van der Waals surface area contributed by atoms with Crippen molar-refractivity contribution in [3.05, 3.63) is 18.0 Å². The first kappa shape index (κ1) is 15.0. The maximum atomic E-state index is 11.8. The summed E-state index contributed by atoms with van der Waals surface area (Å²) in [7, 11) is 1.37. The van der Waals surface area contributed by atoms with Gasteiger partial charge in [0.2, 0.25) is 0 Å². The van der Waals surface area contributed by atoms with Crippen molar-refractivity contribution in [1.82, 2.24) is 10.3 Å². The molecule has 0 fully saturated rings. The largest absolute Gasteiger partial charge is 0.356 e. The van der Waals surface area contributed by atoms with Gasteiger partial charge in [-0.2, -0.15) is 0 Å². The number of aromatic nitrogens is 1. The molecule has 1 atom stereocenters. The molecule has 0 radical (unpaired) electrons. The molecular formula is C11H17ClN2O3S. The number of H-pyrrole nitrogens is 1. The fourth-order valence-electron chi connectivity index (χ4n) is 1.53. The molecule has 1 amide bonds. The molecule has 5 nitrogen and oxygen atoms in total. The van der Waals surface area contributed by atoms with Crippen molar-refractivity contribution >= 4 is 25.6 Å². The summed E-state index contributed by atoms with van der Waals surface area (Å²) in [4.78, 5) is 14.3. The zero-order chi connectivity index (χ0) is 13.8. The molecule has 1 aromatic rings. The third kappa shape index (κ3) is 4.34. The summed E-state index contributed by atoms with van der Waals surface area (Å²) in [6.45, 7) is 3.99. The quantitative estimate of drug-likeness (QED) is 0.789. The van der Waals surface area contributed by atoms with Crippen LogP contribution in [0.1, 0.15) is 43.6 Å². The number of nitrogens with one attached hydrogen (secondary N) is 2. The second-order valence-electron chi connectivity index (χ2n) is 4.20. The Balaban J connectivity index is 2.65. The lowest BCUT2D eigenvalue weighted by molar-refractivity contribution is 0.0933. The Morgan fingerprint density at radius 1 is 1.56 bits per heavy atom. The lowest BCUT2D eigenvalue weighted by atomic mass is 10.1. The Morgan fingerprint density at radius 3 is 2.72 bits per heavy atom. The molecule has 18 heavy (non-hydrogen) atoms. The van der Waals surface area contributed by atoms with Gasteiger partial charge in [0.1, 0.15) is 10.6 Å². The van der Waals surface area contributed by atoms with Crippen LogP contribution in [0.3, 0.4) is 0 Å². The SMILES string of the molecule is CCCCC(C)NC(=O)c1cc(S(=O)(=O)Cl)c[nH]1. The minimum Gasteiger partial charge on any atom is -0.356 e. The van der Waals surface area contributed by atoms with Crippen LogP contribution in [0.15, 0.2) is 17.2 Å². The Morgan fingerprint density at radius 2 is 2.22 bits per heavy atom. The fraction of sp³-hybridized carbons (Fsp3) is 0.545. The molecule has 0 bridgehead atoms. The fourth-order valence-corrected chi connectivity index (χ4v) is 2.26. The molecule has 1 heterocycles. The first-order chi connectivity index (χ1) is 8.34. The number of unbranched alkanes of at least 4 members (excludes halogenated alkanes) is 1. The third-order valence-corrected chi connectivity index (χ3v) is 3.88. The predicted molar refractivity (Wildman–Crippen MR) is 70.3 cm³/mol. The molecule has 0 saturated heterocycles. The predicted octanol–water partition coefficient (Wildman–Crippen LogP) is 2.25. The average Bonchev–Trinajstić information content (AvgIpc) is 2.75. The zero-order valence-electron chi connectivity index (χ0n) is 10.4. The van der Waals surface area contributed by atoms with Crippen molar-refractivity contribution < 1.29 is 13.2 Å². The van der Waals surface area contributed by atoms with Crippen LogP contribution in [0, 0.1) is 0 Å². The van der Waals surface area contributed by atoms with Gasteiger partial charge in [0, 0.05) is 22.9 Å². The van der Waals surface area contributed by atoms with Gasteiger partial charge in [0.15, 0.2) is 0 Å². The van der Waals surface area contributed by atoms with Crippen LogP contribution >= 0.6 is 10.7 Å². The van der Waals surface area contributed by atoms with Gasteiger partial charge in [-0.15, -0.1) is 0 Å². The highest BCUT2D eigenvalue weighted by Crippen LogP contribution is 2.15. The maximum Gasteiger partial charge on any atom is 0.267 e. The lowest BCUT2D eigenvalue weighted by Crippen LogP contribution is -2.32. The van der Waals surface area contributed by atoms with E-state index in [0.717, 1.165) is 19.3 Å². The van der Waals surface area contributed by atoms with Crippen LogP contribution in [0.2, 0.25) is 0 Å². The van der Waals surface area contributed by atoms with Crippen molar-refractivity contribution in [2.75, 3.05) is 0 Å². The van der Waals surface area contributed by atoms with E-state index in [1.165, 1.54) is 12.3 Å². The molecule has 0 aliphatic heterocycles. The molecular weight excluding hydrogens is 276 g/mol. The Hall–Kier alpha value is -1.01. The van der Waals surface area contributed by atoms with E-state index in [1.807, 2.05) is 6.92 Å². The molecule has 0 aliphatic rings. The Kier molecular flexibility index (Phi) is 5.22. The number of aromatic amines is 1. The van der Waals surface area contributed by atoms with E-state index in [4.69, 9.17) is 10.7 Å². The minimum atomic E-state index is -3.80. The van der Waals surface area contributed by atoms with Crippen molar-refractivity contribution in [3.8, 4) is 0 Å². The van der Waals surface area contributed by atoms with Gasteiger partial charge in [0.25, 0.3) is 15.0 Å². The molecule has 7 heteroatoms. The van der Waals surface area contributed by atoms with Gasteiger partial charge in [0.05, 0.1) is 0 Å². The monoisotopic (exact) mass is 292 g/mol. The summed E-state index contributed by atoms with van der Waals surface area (Å²) in [5.74, 6) is -0.329. The summed E-state index contributed by atoms with van der Waals surface area (Å²) < 4.78 is 22.1. The molecule has 1 unspecified atom stereocenters. The smallest absolute Gasteiger partial charge is 0.267 e. The number of halogens is 1. The van der Waals surface area contributed by atoms with E-state index >= 15 is 0 Å². The number of carbonyl (C=O) groups excluding carboxylic acids is 1. The van der Waals surface area contributed by atoms with Crippen LogP contribution in [-0.2, 0) is 9.05 Å². The van der Waals surface area contributed by atoms with Crippen LogP contribution in [0.4, 0.5) is 0 Å². The van der Waals surface area contributed by atoms with Crippen molar-refractivity contribution in [2.45, 2.75) is 44.0 Å². The van der Waals surface area contributed by atoms with Gasteiger partial charge in [-0.3, -0.25) is 4.79 Å². The molecule has 0 spiro atoms. The Bertz CT molecular complexity index is 510. The highest BCUT2D eigenvalue weighted by atomic mass is 35.7. The number of hydrogen-bond acceptors (Lipinski definition) is 3. The zero-order valence-corrected chi connectivity index (χ0v) is 11.9. The van der Waals surface area contributed by atoms with Crippen molar-refractivity contribution in [1.29, 1.82) is 0 Å². The molecule has 0 saturated carbocycles. The van der Waals surface area contributed by atoms with Gasteiger partial charge in [-0.1, -0.05) is 19.8 Å². The summed E-state index contributed by atoms with van der Waals surface area (Å²) in [5, 5.41) is 2.79. The first-order valence-corrected chi connectivity index (χ1v) is 8.09. The summed E-state index contributed by atoms with van der Waals surface area (Å²) in [5.41, 5.74) is 0.192. The second-order valence-corrected chi connectivity index (χ2v) is 6.77. The maximum absolute atomic E-state index is 11.8. The van der Waals surface area contributed by atoms with Gasteiger partial charge >= 0.3 is 0 Å². The van der Waals surface area contributed by atoms with E-state index in [0.29, 0.717) is 0 Å². The Labute approximate surface area is 111 Å². The third-order valence-electron chi connectivity index (χ3n) is 2.55. The highest BCUT2D eigenvalue weighted by Gasteiger charge is 2.16.